The number of nitrogens with two attached hydrogens (primary N) is 1. The number of nitrogens with zero attached hydrogens (tertiary/aromatic N) is 1. The van der Waals surface area contributed by atoms with Gasteiger partial charge < -0.3 is 50.1 Å². The van der Waals surface area contributed by atoms with E-state index in [9.17, 15) is 43.5 Å². The van der Waals surface area contributed by atoms with Crippen molar-refractivity contribution in [2.45, 2.75) is 186 Å². The highest BCUT2D eigenvalue weighted by Gasteiger charge is 2.64. The van der Waals surface area contributed by atoms with Gasteiger partial charge in [0, 0.05) is 68.9 Å². The normalized spacial score (nSPS) is 24.4. The predicted octanol–water partition coefficient (Wildman–Crippen LogP) is 10.5. The van der Waals surface area contributed by atoms with Gasteiger partial charge in [0.15, 0.2) is 5.78 Å². The number of unbranched alkanes of at least 4 members (excludes halogenated alkanes) is 1. The summed E-state index contributed by atoms with van der Waals surface area (Å²) in [7, 11) is 2.89. The van der Waals surface area contributed by atoms with Crippen molar-refractivity contribution in [2.75, 3.05) is 41.6 Å². The van der Waals surface area contributed by atoms with Crippen molar-refractivity contribution in [3.05, 3.63) is 81.4 Å². The maximum atomic E-state index is 15.1. The number of benzene rings is 2. The lowest BCUT2D eigenvalue weighted by Crippen LogP contribution is -2.53. The van der Waals surface area contributed by atoms with E-state index in [1.54, 1.807) is 66.7 Å². The molecule has 3 heterocycles. The van der Waals surface area contributed by atoms with E-state index in [0.717, 1.165) is 17.2 Å². The zero-order chi connectivity index (χ0) is 64.9. The highest BCUT2D eigenvalue weighted by molar-refractivity contribution is 9.09. The number of halogens is 6. The number of ketones is 2. The minimum absolute atomic E-state index is 0.00324. The Kier molecular flexibility index (Phi) is 26.1. The molecule has 6 N–H and O–H groups in total. The minimum atomic E-state index is -5.12. The second kappa shape index (κ2) is 31.4. The Hall–Kier alpha value is -5.40. The summed E-state index contributed by atoms with van der Waals surface area (Å²) in [6.07, 6.45) is -5.34. The molecule has 0 spiro atoms. The number of aliphatic hydroxyl groups is 1. The van der Waals surface area contributed by atoms with E-state index in [0.29, 0.717) is 53.7 Å². The number of aryl methyl sites for hydroxylation is 1. The predicted molar refractivity (Wildman–Crippen MR) is 329 cm³/mol. The molecule has 0 radical (unpaired) electrons. The van der Waals surface area contributed by atoms with Crippen molar-refractivity contribution in [1.82, 2.24) is 10.6 Å². The maximum absolute atomic E-state index is 15.1. The first-order chi connectivity index (χ1) is 40.6. The Balaban J connectivity index is 1.36. The first kappa shape index (κ1) is 72.3. The van der Waals surface area contributed by atoms with E-state index in [2.05, 4.69) is 47.8 Å². The number of primary amides is 1. The summed E-state index contributed by atoms with van der Waals surface area (Å²) in [4.78, 5) is 108. The number of anilines is 2. The number of nitrogens with one attached hydrogen (secondary N) is 3. The van der Waals surface area contributed by atoms with E-state index >= 15 is 13.2 Å². The number of hydrogen-bond acceptors (Lipinski definition) is 14. The molecule has 87 heavy (non-hydrogen) atoms. The van der Waals surface area contributed by atoms with E-state index in [1.807, 2.05) is 19.1 Å². The summed E-state index contributed by atoms with van der Waals surface area (Å²) in [6.45, 7) is 14.0. The van der Waals surface area contributed by atoms with E-state index in [-0.39, 0.29) is 79.2 Å². The Morgan fingerprint density at radius 2 is 1.71 bits per heavy atom. The number of esters is 2. The molecule has 2 aromatic carbocycles. The van der Waals surface area contributed by atoms with Crippen LogP contribution in [0.5, 0.6) is 0 Å². The number of urea groups is 1. The van der Waals surface area contributed by atoms with Crippen LogP contribution >= 0.6 is 43.5 Å². The number of fused-ring (bicyclic) bond motifs is 5. The minimum Gasteiger partial charge on any atom is -0.462 e. The fourth-order valence-electron chi connectivity index (χ4n) is 11.1. The van der Waals surface area contributed by atoms with E-state index < -0.39 is 125 Å². The zero-order valence-electron chi connectivity index (χ0n) is 51.0. The van der Waals surface area contributed by atoms with Crippen LogP contribution < -0.4 is 26.6 Å². The number of methoxy groups -OCH3 is 1. The van der Waals surface area contributed by atoms with Crippen LogP contribution in [0.2, 0.25) is 5.02 Å². The molecular weight excluding hydrogens is 1290 g/mol. The van der Waals surface area contributed by atoms with Crippen LogP contribution in [0.1, 0.15) is 135 Å². The van der Waals surface area contributed by atoms with Crippen LogP contribution in [0, 0.1) is 30.6 Å². The smallest absolute Gasteiger partial charge is 0.418 e. The van der Waals surface area contributed by atoms with Gasteiger partial charge in [0.25, 0.3) is 0 Å². The first-order valence-corrected chi connectivity index (χ1v) is 31.7. The van der Waals surface area contributed by atoms with Crippen LogP contribution in [-0.4, -0.2) is 131 Å². The van der Waals surface area contributed by atoms with Crippen molar-refractivity contribution in [3.63, 3.8) is 0 Å². The average Bonchev–Trinajstić information content (AvgIpc) is 1.61. The molecule has 3 aliphatic heterocycles. The van der Waals surface area contributed by atoms with Gasteiger partial charge in [0.2, 0.25) is 11.8 Å². The number of carbonyl (C=O) groups is 8. The molecule has 0 unspecified atom stereocenters. The zero-order valence-corrected chi connectivity index (χ0v) is 54.9. The van der Waals surface area contributed by atoms with Gasteiger partial charge in [-0.05, 0) is 114 Å². The molecule has 0 saturated carbocycles. The van der Waals surface area contributed by atoms with Gasteiger partial charge in [-0.1, -0.05) is 100 Å². The number of Topliss-reactive ketones (excluding diaryl/α,β-unsaturated/α-hetero) is 2. The van der Waals surface area contributed by atoms with Gasteiger partial charge in [-0.15, -0.1) is 0 Å². The number of alkyl halides is 5. The average molecular weight is 1370 g/mol. The summed E-state index contributed by atoms with van der Waals surface area (Å²) in [6, 6.07) is 4.30. The summed E-state index contributed by atoms with van der Waals surface area (Å²) >= 11 is 13.4. The largest absolute Gasteiger partial charge is 0.462 e. The lowest BCUT2D eigenvalue weighted by Gasteiger charge is -2.41. The van der Waals surface area contributed by atoms with Crippen molar-refractivity contribution >= 4 is 102 Å². The number of ether oxygens (including phenoxy) is 5. The monoisotopic (exact) mass is 1370 g/mol. The number of epoxide rings is 1. The van der Waals surface area contributed by atoms with E-state index in [4.69, 9.17) is 41.0 Å². The topological polar surface area (TPSA) is 272 Å². The number of amides is 5. The molecule has 5 rings (SSSR count). The fourth-order valence-corrected chi connectivity index (χ4v) is 12.9. The van der Waals surface area contributed by atoms with E-state index in [1.165, 1.54) is 25.1 Å². The molecule has 2 fully saturated rings. The van der Waals surface area contributed by atoms with Gasteiger partial charge >= 0.3 is 30.2 Å². The summed E-state index contributed by atoms with van der Waals surface area (Å²) in [5.41, 5.74) is 1.63. The van der Waals surface area contributed by atoms with Gasteiger partial charge in [-0.2, -0.15) is 13.2 Å². The Morgan fingerprint density at radius 1 is 1.02 bits per heavy atom. The quantitative estimate of drug-likeness (QED) is 0.0215. The highest BCUT2D eigenvalue weighted by Crippen LogP contribution is 2.50. The molecule has 2 aromatic rings. The van der Waals surface area contributed by atoms with Gasteiger partial charge in [0.05, 0.1) is 52.9 Å². The third kappa shape index (κ3) is 20.3. The molecule has 4 bridgehead atoms. The summed E-state index contributed by atoms with van der Waals surface area (Å²) < 4.78 is 74.6. The van der Waals surface area contributed by atoms with Gasteiger partial charge in [-0.3, -0.25) is 34.1 Å². The third-order valence-electron chi connectivity index (χ3n) is 16.3. The van der Waals surface area contributed by atoms with Crippen molar-refractivity contribution in [2.24, 2.45) is 29.4 Å². The van der Waals surface area contributed by atoms with Crippen molar-refractivity contribution in [1.29, 1.82) is 0 Å². The number of rotatable bonds is 24. The molecule has 0 aromatic heterocycles. The number of allylic oxidation sites excluding steroid dienone is 3. The molecule has 482 valence electrons. The lowest BCUT2D eigenvalue weighted by atomic mass is 9.78. The molecule has 2 saturated heterocycles. The standard InChI is InChI=1S/C62H83Br2ClF3N5O14/c1-34(2)42(28-41(74)16-11-12-21-59(6,7)87-56(79)40(32-63)33-64)55(78)71-45(17-14-22-70-57(69)80)47(75)27-38-19-20-44(43(25-38)62(66,67)68)72-58(81)85-50-29-51(76)73(9)46-26-39(24-36(4)53(46)65)23-35(3)15-13-18-49(83-10)61(82)30-48(84-52(77)31-61)37(5)54-60(50,8)86-54/h13,15,18-20,24-26,34,37,40,42,45,48-50,54,82H,11-12,14,16-17,21-23,27-33H2,1-10H3,(H,71,78)(H,72,81)(H3,69,70,80)/b18-13+,35-15+/t37-,42+,45+,48+,49-,50+,54+,60+,61-/m1/s1. The molecule has 25 heteroatoms. The summed E-state index contributed by atoms with van der Waals surface area (Å²) in [5.74, 6) is -5.53. The Morgan fingerprint density at radius 3 is 2.34 bits per heavy atom. The van der Waals surface area contributed by atoms with Gasteiger partial charge in [0.1, 0.15) is 40.9 Å². The maximum Gasteiger partial charge on any atom is 0.418 e. The molecule has 3 aliphatic rings. The molecule has 0 aliphatic carbocycles. The lowest BCUT2D eigenvalue weighted by molar-refractivity contribution is -0.187. The van der Waals surface area contributed by atoms with Crippen LogP contribution in [0.4, 0.5) is 34.1 Å². The second-order valence-electron chi connectivity index (χ2n) is 24.2. The second-order valence-corrected chi connectivity index (χ2v) is 25.9. The molecule has 19 nitrogen and oxygen atoms in total. The third-order valence-corrected chi connectivity index (χ3v) is 18.3. The fraction of sp³-hybridized carbons (Fsp3) is 0.613. The SMILES string of the molecule is CO[C@@H]1/C=C/C=C(\C)Cc2cc(C)c(Cl)c(c2)N(C)C(=O)C[C@H](OC(=O)Nc2ccc(CC(=O)[C@H](CCCNC(N)=O)NC(=O)[C@@H](CC(=O)CCCCC(C)(C)OC(=O)C(CBr)CBr)C(C)C)cc2C(F)(F)F)[C@]2(C)O[C@H]2[C@H](C)[C@@H]2C[C@@]1(O)CC(=O)O2. The van der Waals surface area contributed by atoms with Crippen LogP contribution in [0.15, 0.2) is 54.1 Å². The van der Waals surface area contributed by atoms with Crippen molar-refractivity contribution < 1.29 is 80.3 Å². The van der Waals surface area contributed by atoms with Gasteiger partial charge in [-0.25, -0.2) is 9.59 Å². The van der Waals surface area contributed by atoms with Crippen molar-refractivity contribution in [3.8, 4) is 0 Å². The highest BCUT2D eigenvalue weighted by atomic mass is 79.9. The molecule has 9 atom stereocenters. The first-order valence-electron chi connectivity index (χ1n) is 29.1. The number of hydrogen-bond donors (Lipinski definition) is 5. The summed E-state index contributed by atoms with van der Waals surface area (Å²) in [5, 5.41) is 20.4. The Labute approximate surface area is 528 Å². The molecule has 5 amide bonds. The van der Waals surface area contributed by atoms with Crippen LogP contribution in [0.25, 0.3) is 0 Å². The number of carbonyl (C=O) groups excluding carboxylic acids is 8. The van der Waals surface area contributed by atoms with Crippen LogP contribution in [-0.2, 0) is 71.5 Å². The van der Waals surface area contributed by atoms with Crippen LogP contribution in [0.3, 0.4) is 0 Å². The molecular formula is C62H83Br2ClF3N5O14. The Bertz CT molecular complexity index is 2910.